The highest BCUT2D eigenvalue weighted by atomic mass is 32.2. The molecule has 5 nitrogen and oxygen atoms in total. The topological polar surface area (TPSA) is 55.8 Å². The van der Waals surface area contributed by atoms with Gasteiger partial charge in [-0.2, -0.15) is 4.31 Å². The van der Waals surface area contributed by atoms with Gasteiger partial charge in [0.05, 0.1) is 4.90 Å². The Morgan fingerprint density at radius 3 is 2.52 bits per heavy atom. The van der Waals surface area contributed by atoms with Gasteiger partial charge in [-0.1, -0.05) is 19.3 Å². The molecule has 3 aliphatic rings. The van der Waals surface area contributed by atoms with Crippen LogP contribution in [0.3, 0.4) is 0 Å². The van der Waals surface area contributed by atoms with Crippen molar-refractivity contribution in [3.05, 3.63) is 18.2 Å². The molecule has 0 bridgehead atoms. The maximum atomic E-state index is 13.0. The first-order chi connectivity index (χ1) is 11.1. The molecule has 23 heavy (non-hydrogen) atoms. The standard InChI is InChI=1S/C17H23NO4S/c19-23(20,15-5-6-16-17(11-15)22-10-9-21-16)18-8-7-13-3-1-2-4-14(13)12-18/h5-6,11,13-14H,1-4,7-10,12H2/t13-,14-/m1/s1. The van der Waals surface area contributed by atoms with Crippen LogP contribution in [0, 0.1) is 11.8 Å². The lowest BCUT2D eigenvalue weighted by atomic mass is 9.76. The van der Waals surface area contributed by atoms with Crippen LogP contribution < -0.4 is 9.47 Å². The Morgan fingerprint density at radius 2 is 1.70 bits per heavy atom. The average Bonchev–Trinajstić information content (AvgIpc) is 2.61. The van der Waals surface area contributed by atoms with Crippen molar-refractivity contribution in [1.29, 1.82) is 0 Å². The van der Waals surface area contributed by atoms with Gasteiger partial charge in [0, 0.05) is 19.2 Å². The van der Waals surface area contributed by atoms with Crippen molar-refractivity contribution < 1.29 is 17.9 Å². The van der Waals surface area contributed by atoms with Crippen molar-refractivity contribution in [2.24, 2.45) is 11.8 Å². The zero-order chi connectivity index (χ0) is 15.9. The maximum Gasteiger partial charge on any atom is 0.243 e. The normalized spacial score (nSPS) is 28.2. The lowest BCUT2D eigenvalue weighted by Crippen LogP contribution is -2.44. The van der Waals surface area contributed by atoms with Crippen molar-refractivity contribution in [3.63, 3.8) is 0 Å². The van der Waals surface area contributed by atoms with Crippen LogP contribution in [-0.4, -0.2) is 39.0 Å². The first kappa shape index (κ1) is 15.3. The summed E-state index contributed by atoms with van der Waals surface area (Å²) in [5.74, 6) is 2.41. The van der Waals surface area contributed by atoms with E-state index in [0.29, 0.717) is 48.6 Å². The number of piperidine rings is 1. The summed E-state index contributed by atoms with van der Waals surface area (Å²) < 4.78 is 38.6. The number of hydrogen-bond donors (Lipinski definition) is 0. The molecule has 0 amide bonds. The molecule has 0 aromatic heterocycles. The number of sulfonamides is 1. The van der Waals surface area contributed by atoms with Gasteiger partial charge in [0.1, 0.15) is 13.2 Å². The summed E-state index contributed by atoms with van der Waals surface area (Å²) in [5.41, 5.74) is 0. The number of hydrogen-bond acceptors (Lipinski definition) is 4. The highest BCUT2D eigenvalue weighted by Crippen LogP contribution is 2.39. The zero-order valence-electron chi connectivity index (χ0n) is 13.2. The van der Waals surface area contributed by atoms with E-state index in [1.54, 1.807) is 22.5 Å². The molecule has 126 valence electrons. The molecule has 2 fully saturated rings. The van der Waals surface area contributed by atoms with Crippen molar-refractivity contribution in [2.45, 2.75) is 37.0 Å². The Balaban J connectivity index is 1.57. The number of ether oxygens (including phenoxy) is 2. The summed E-state index contributed by atoms with van der Waals surface area (Å²) in [6.45, 7) is 2.28. The lowest BCUT2D eigenvalue weighted by Gasteiger charge is -2.40. The van der Waals surface area contributed by atoms with Gasteiger partial charge in [-0.3, -0.25) is 0 Å². The van der Waals surface area contributed by atoms with Gasteiger partial charge in [-0.25, -0.2) is 8.42 Å². The Labute approximate surface area is 137 Å². The van der Waals surface area contributed by atoms with E-state index < -0.39 is 10.0 Å². The molecule has 4 rings (SSSR count). The van der Waals surface area contributed by atoms with Gasteiger partial charge in [0.2, 0.25) is 10.0 Å². The molecule has 2 heterocycles. The predicted molar refractivity (Wildman–Crippen MR) is 86.3 cm³/mol. The molecular formula is C17H23NO4S. The third-order valence-electron chi connectivity index (χ3n) is 5.41. The van der Waals surface area contributed by atoms with E-state index in [1.165, 1.54) is 19.3 Å². The van der Waals surface area contributed by atoms with Crippen LogP contribution in [-0.2, 0) is 10.0 Å². The molecule has 0 unspecified atom stereocenters. The van der Waals surface area contributed by atoms with Gasteiger partial charge in [0.25, 0.3) is 0 Å². The van der Waals surface area contributed by atoms with Gasteiger partial charge >= 0.3 is 0 Å². The van der Waals surface area contributed by atoms with Gasteiger partial charge in [0.15, 0.2) is 11.5 Å². The second-order valence-corrected chi connectivity index (χ2v) is 8.70. The highest BCUT2D eigenvalue weighted by Gasteiger charge is 2.36. The predicted octanol–water partition coefficient (Wildman–Crippen LogP) is 2.66. The second-order valence-electron chi connectivity index (χ2n) is 6.76. The Kier molecular flexibility index (Phi) is 3.97. The fraction of sp³-hybridized carbons (Fsp3) is 0.647. The summed E-state index contributed by atoms with van der Waals surface area (Å²) >= 11 is 0. The number of fused-ring (bicyclic) bond motifs is 2. The first-order valence-corrected chi connectivity index (χ1v) is 9.98. The summed E-state index contributed by atoms with van der Waals surface area (Å²) in [5, 5.41) is 0. The number of nitrogens with zero attached hydrogens (tertiary/aromatic N) is 1. The minimum absolute atomic E-state index is 0.316. The molecule has 0 radical (unpaired) electrons. The van der Waals surface area contributed by atoms with E-state index in [2.05, 4.69) is 0 Å². The second kappa shape index (κ2) is 5.98. The van der Waals surface area contributed by atoms with Gasteiger partial charge in [-0.15, -0.1) is 0 Å². The largest absolute Gasteiger partial charge is 0.486 e. The van der Waals surface area contributed by atoms with Crippen LogP contribution in [0.5, 0.6) is 11.5 Å². The molecule has 2 aliphatic heterocycles. The van der Waals surface area contributed by atoms with Crippen LogP contribution in [0.25, 0.3) is 0 Å². The van der Waals surface area contributed by atoms with Gasteiger partial charge < -0.3 is 9.47 Å². The van der Waals surface area contributed by atoms with E-state index >= 15 is 0 Å². The number of benzene rings is 1. The molecule has 1 aliphatic carbocycles. The van der Waals surface area contributed by atoms with Crippen LogP contribution in [0.2, 0.25) is 0 Å². The Bertz CT molecular complexity index is 688. The zero-order valence-corrected chi connectivity index (χ0v) is 14.1. The molecule has 1 aromatic rings. The number of rotatable bonds is 2. The van der Waals surface area contributed by atoms with Crippen molar-refractivity contribution in [3.8, 4) is 11.5 Å². The smallest absolute Gasteiger partial charge is 0.243 e. The molecule has 0 N–H and O–H groups in total. The molecule has 1 saturated heterocycles. The summed E-state index contributed by atoms with van der Waals surface area (Å²) in [6.07, 6.45) is 5.96. The monoisotopic (exact) mass is 337 g/mol. The van der Waals surface area contributed by atoms with E-state index in [9.17, 15) is 8.42 Å². The fourth-order valence-corrected chi connectivity index (χ4v) is 5.65. The van der Waals surface area contributed by atoms with E-state index in [4.69, 9.17) is 9.47 Å². The molecule has 1 aromatic carbocycles. The van der Waals surface area contributed by atoms with Crippen LogP contribution in [0.4, 0.5) is 0 Å². The summed E-state index contributed by atoms with van der Waals surface area (Å²) in [6, 6.07) is 4.95. The van der Waals surface area contributed by atoms with Crippen LogP contribution in [0.15, 0.2) is 23.1 Å². The van der Waals surface area contributed by atoms with E-state index in [1.807, 2.05) is 0 Å². The molecule has 0 spiro atoms. The van der Waals surface area contributed by atoms with Crippen LogP contribution in [0.1, 0.15) is 32.1 Å². The summed E-state index contributed by atoms with van der Waals surface area (Å²) in [4.78, 5) is 0.316. The minimum atomic E-state index is -3.45. The Morgan fingerprint density at radius 1 is 0.957 bits per heavy atom. The molecule has 6 heteroatoms. The third kappa shape index (κ3) is 2.83. The van der Waals surface area contributed by atoms with Gasteiger partial charge in [-0.05, 0) is 36.8 Å². The highest BCUT2D eigenvalue weighted by molar-refractivity contribution is 7.89. The SMILES string of the molecule is O=S(=O)(c1ccc2c(c1)OCCO2)N1CC[C@H]2CCCC[C@@H]2C1. The third-order valence-corrected chi connectivity index (χ3v) is 7.27. The maximum absolute atomic E-state index is 13.0. The lowest BCUT2D eigenvalue weighted by molar-refractivity contribution is 0.136. The quantitative estimate of drug-likeness (QED) is 0.832. The minimum Gasteiger partial charge on any atom is -0.486 e. The van der Waals surface area contributed by atoms with Crippen molar-refractivity contribution in [2.75, 3.05) is 26.3 Å². The first-order valence-electron chi connectivity index (χ1n) is 8.54. The Hall–Kier alpha value is -1.27. The molecule has 1 saturated carbocycles. The van der Waals surface area contributed by atoms with E-state index in [-0.39, 0.29) is 0 Å². The average molecular weight is 337 g/mol. The fourth-order valence-electron chi connectivity index (χ4n) is 4.12. The van der Waals surface area contributed by atoms with Crippen LogP contribution >= 0.6 is 0 Å². The van der Waals surface area contributed by atoms with Crippen molar-refractivity contribution >= 4 is 10.0 Å². The molecule has 2 atom stereocenters. The summed E-state index contributed by atoms with van der Waals surface area (Å²) in [7, 11) is -3.45. The van der Waals surface area contributed by atoms with Crippen molar-refractivity contribution in [1.82, 2.24) is 4.31 Å². The molecular weight excluding hydrogens is 314 g/mol. The van der Waals surface area contributed by atoms with E-state index in [0.717, 1.165) is 18.8 Å².